The molecule has 0 atom stereocenters. The number of aromatic nitrogens is 2. The van der Waals surface area contributed by atoms with Crippen LogP contribution < -0.4 is 9.50 Å². The third-order valence-corrected chi connectivity index (χ3v) is 2.28. The van der Waals surface area contributed by atoms with Gasteiger partial charge in [-0.3, -0.25) is 4.79 Å². The van der Waals surface area contributed by atoms with Crippen LogP contribution in [0.5, 0.6) is 5.88 Å². The highest BCUT2D eigenvalue weighted by Crippen LogP contribution is 2.23. The first kappa shape index (κ1) is 10.2. The standard InChI is InChI=1S/C8H8FN3O2S/c1-15-14-7-5-4(11-8(9)12-7)2-3-10-6(5)13/h2-3H2,1H3,(H,10,13). The summed E-state index contributed by atoms with van der Waals surface area (Å²) < 4.78 is 18.0. The van der Waals surface area contributed by atoms with Crippen LogP contribution in [0.3, 0.4) is 0 Å². The van der Waals surface area contributed by atoms with Crippen molar-refractivity contribution in [3.8, 4) is 5.88 Å². The van der Waals surface area contributed by atoms with Gasteiger partial charge in [-0.25, -0.2) is 4.98 Å². The van der Waals surface area contributed by atoms with E-state index in [1.807, 2.05) is 0 Å². The molecule has 1 aromatic heterocycles. The third-order valence-electron chi connectivity index (χ3n) is 1.96. The molecule has 2 heterocycles. The lowest BCUT2D eigenvalue weighted by atomic mass is 10.1. The van der Waals surface area contributed by atoms with E-state index in [4.69, 9.17) is 4.18 Å². The molecular weight excluding hydrogens is 221 g/mol. The van der Waals surface area contributed by atoms with Crippen molar-refractivity contribution in [2.45, 2.75) is 6.42 Å². The van der Waals surface area contributed by atoms with E-state index < -0.39 is 6.08 Å². The topological polar surface area (TPSA) is 64.1 Å². The van der Waals surface area contributed by atoms with Crippen molar-refractivity contribution < 1.29 is 13.4 Å². The Bertz CT molecular complexity index is 413. The van der Waals surface area contributed by atoms with E-state index in [2.05, 4.69) is 15.3 Å². The number of hydrogen-bond acceptors (Lipinski definition) is 5. The fraction of sp³-hybridized carbons (Fsp3) is 0.375. The van der Waals surface area contributed by atoms with Gasteiger partial charge in [0.1, 0.15) is 5.56 Å². The molecule has 0 aliphatic carbocycles. The summed E-state index contributed by atoms with van der Waals surface area (Å²) in [5, 5.41) is 2.63. The number of nitrogens with zero attached hydrogens (tertiary/aromatic N) is 2. The van der Waals surface area contributed by atoms with Crippen molar-refractivity contribution in [2.75, 3.05) is 12.8 Å². The smallest absolute Gasteiger partial charge is 0.312 e. The summed E-state index contributed by atoms with van der Waals surface area (Å²) in [6.07, 6.45) is 1.28. The molecule has 5 nitrogen and oxygen atoms in total. The maximum atomic E-state index is 13.0. The quantitative estimate of drug-likeness (QED) is 0.593. The van der Waals surface area contributed by atoms with E-state index in [9.17, 15) is 9.18 Å². The van der Waals surface area contributed by atoms with Crippen molar-refractivity contribution in [1.82, 2.24) is 15.3 Å². The van der Waals surface area contributed by atoms with Gasteiger partial charge in [0.25, 0.3) is 5.91 Å². The number of nitrogens with one attached hydrogen (secondary N) is 1. The van der Waals surface area contributed by atoms with E-state index >= 15 is 0 Å². The molecule has 15 heavy (non-hydrogen) atoms. The minimum absolute atomic E-state index is 0.0119. The van der Waals surface area contributed by atoms with Crippen LogP contribution in [-0.4, -0.2) is 28.7 Å². The van der Waals surface area contributed by atoms with Crippen LogP contribution >= 0.6 is 12.0 Å². The highest BCUT2D eigenvalue weighted by atomic mass is 32.2. The molecule has 1 amide bonds. The Morgan fingerprint density at radius 2 is 2.33 bits per heavy atom. The SMILES string of the molecule is CSOc1nc(F)nc2c1C(=O)NCC2. The normalized spacial score (nSPS) is 14.4. The van der Waals surface area contributed by atoms with Crippen molar-refractivity contribution in [3.63, 3.8) is 0 Å². The molecule has 0 saturated heterocycles. The van der Waals surface area contributed by atoms with Crippen molar-refractivity contribution in [3.05, 3.63) is 17.3 Å². The zero-order valence-corrected chi connectivity index (χ0v) is 8.73. The maximum absolute atomic E-state index is 13.0. The molecule has 0 unspecified atom stereocenters. The molecule has 0 spiro atoms. The summed E-state index contributed by atoms with van der Waals surface area (Å²) >= 11 is 1.00. The molecule has 0 bridgehead atoms. The van der Waals surface area contributed by atoms with Crippen LogP contribution in [0, 0.1) is 6.08 Å². The Morgan fingerprint density at radius 3 is 3.07 bits per heavy atom. The molecule has 2 rings (SSSR count). The lowest BCUT2D eigenvalue weighted by Crippen LogP contribution is -2.33. The van der Waals surface area contributed by atoms with Gasteiger partial charge in [-0.1, -0.05) is 0 Å². The molecule has 0 saturated carbocycles. The van der Waals surface area contributed by atoms with Crippen LogP contribution in [-0.2, 0) is 6.42 Å². The lowest BCUT2D eigenvalue weighted by molar-refractivity contribution is 0.0942. The molecule has 1 aliphatic heterocycles. The summed E-state index contributed by atoms with van der Waals surface area (Å²) in [5.74, 6) is -0.331. The van der Waals surface area contributed by atoms with Crippen LogP contribution in [0.1, 0.15) is 16.1 Å². The van der Waals surface area contributed by atoms with Gasteiger partial charge in [0, 0.05) is 19.2 Å². The van der Waals surface area contributed by atoms with Gasteiger partial charge in [0.2, 0.25) is 5.88 Å². The zero-order chi connectivity index (χ0) is 10.8. The Hall–Kier alpha value is -1.37. The average molecular weight is 229 g/mol. The zero-order valence-electron chi connectivity index (χ0n) is 7.91. The first-order valence-electron chi connectivity index (χ1n) is 4.27. The minimum Gasteiger partial charge on any atom is -0.405 e. The first-order chi connectivity index (χ1) is 7.22. The number of hydrogen-bond donors (Lipinski definition) is 1. The van der Waals surface area contributed by atoms with Crippen LogP contribution in [0.4, 0.5) is 4.39 Å². The minimum atomic E-state index is -0.868. The van der Waals surface area contributed by atoms with Crippen molar-refractivity contribution in [1.29, 1.82) is 0 Å². The molecule has 80 valence electrons. The van der Waals surface area contributed by atoms with E-state index in [1.54, 1.807) is 6.26 Å². The first-order valence-corrected chi connectivity index (χ1v) is 5.42. The molecule has 7 heteroatoms. The molecule has 0 aromatic carbocycles. The van der Waals surface area contributed by atoms with Gasteiger partial charge in [-0.2, -0.15) is 9.37 Å². The number of rotatable bonds is 2. The summed E-state index contributed by atoms with van der Waals surface area (Å²) in [6, 6.07) is 0. The molecule has 0 radical (unpaired) electrons. The highest BCUT2D eigenvalue weighted by Gasteiger charge is 2.25. The monoisotopic (exact) mass is 229 g/mol. The summed E-state index contributed by atoms with van der Waals surface area (Å²) in [7, 11) is 0. The van der Waals surface area contributed by atoms with Crippen molar-refractivity contribution >= 4 is 17.9 Å². The fourth-order valence-corrected chi connectivity index (χ4v) is 1.66. The van der Waals surface area contributed by atoms with E-state index in [0.717, 1.165) is 12.0 Å². The van der Waals surface area contributed by atoms with Gasteiger partial charge < -0.3 is 9.50 Å². The second-order valence-electron chi connectivity index (χ2n) is 2.88. The number of carbonyl (C=O) groups excluding carboxylic acids is 1. The van der Waals surface area contributed by atoms with Gasteiger partial charge in [-0.15, -0.1) is 0 Å². The lowest BCUT2D eigenvalue weighted by Gasteiger charge is -2.16. The third kappa shape index (κ3) is 1.87. The second-order valence-corrected chi connectivity index (χ2v) is 3.38. The Labute approximate surface area is 89.6 Å². The van der Waals surface area contributed by atoms with Gasteiger partial charge in [0.05, 0.1) is 17.7 Å². The predicted octanol–water partition coefficient (Wildman–Crippen LogP) is 0.558. The van der Waals surface area contributed by atoms with Gasteiger partial charge in [0.15, 0.2) is 0 Å². The Balaban J connectivity index is 2.53. The summed E-state index contributed by atoms with van der Waals surface area (Å²) in [5.41, 5.74) is 0.632. The summed E-state index contributed by atoms with van der Waals surface area (Å²) in [4.78, 5) is 18.5. The maximum Gasteiger partial charge on any atom is 0.312 e. The largest absolute Gasteiger partial charge is 0.405 e. The van der Waals surface area contributed by atoms with E-state index in [1.165, 1.54) is 0 Å². The average Bonchev–Trinajstić information content (AvgIpc) is 2.17. The molecule has 0 fully saturated rings. The number of carbonyl (C=O) groups is 1. The van der Waals surface area contributed by atoms with Crippen molar-refractivity contribution in [2.24, 2.45) is 0 Å². The van der Waals surface area contributed by atoms with Crippen LogP contribution in [0.25, 0.3) is 0 Å². The summed E-state index contributed by atoms with van der Waals surface area (Å²) in [6.45, 7) is 0.459. The van der Waals surface area contributed by atoms with E-state index in [-0.39, 0.29) is 17.4 Å². The van der Waals surface area contributed by atoms with Gasteiger partial charge in [-0.05, 0) is 0 Å². The highest BCUT2D eigenvalue weighted by molar-refractivity contribution is 7.94. The number of fused-ring (bicyclic) bond motifs is 1. The van der Waals surface area contributed by atoms with Crippen LogP contribution in [0.2, 0.25) is 0 Å². The van der Waals surface area contributed by atoms with E-state index in [0.29, 0.717) is 18.7 Å². The number of halogens is 1. The van der Waals surface area contributed by atoms with Crippen LogP contribution in [0.15, 0.2) is 0 Å². The van der Waals surface area contributed by atoms with Gasteiger partial charge >= 0.3 is 6.08 Å². The Kier molecular flexibility index (Phi) is 2.72. The molecule has 1 N–H and O–H groups in total. The molecule has 1 aliphatic rings. The molecular formula is C8H8FN3O2S. The number of amides is 1. The predicted molar refractivity (Wildman–Crippen MR) is 52.2 cm³/mol. The molecule has 1 aromatic rings. The second kappa shape index (κ2) is 4.01. The Morgan fingerprint density at radius 1 is 1.53 bits per heavy atom. The fourth-order valence-electron chi connectivity index (χ4n) is 1.39.